The second-order valence-electron chi connectivity index (χ2n) is 6.68. The molecule has 1 fully saturated rings. The minimum atomic E-state index is -0.316. The number of carbonyl (C=O) groups is 2. The molecule has 1 aromatic carbocycles. The lowest BCUT2D eigenvalue weighted by Gasteiger charge is -2.31. The summed E-state index contributed by atoms with van der Waals surface area (Å²) in [5, 5.41) is 13.7. The summed E-state index contributed by atoms with van der Waals surface area (Å²) in [6.07, 6.45) is 2.39. The summed E-state index contributed by atoms with van der Waals surface area (Å²) in [5.74, 6) is 1.00. The van der Waals surface area contributed by atoms with E-state index in [1.165, 1.54) is 13.3 Å². The van der Waals surface area contributed by atoms with E-state index in [-0.39, 0.29) is 17.5 Å². The van der Waals surface area contributed by atoms with Gasteiger partial charge in [-0.05, 0) is 55.2 Å². The van der Waals surface area contributed by atoms with Crippen molar-refractivity contribution >= 4 is 29.0 Å². The zero-order valence-corrected chi connectivity index (χ0v) is 15.0. The molecule has 2 amide bonds. The molecule has 0 aliphatic carbocycles. The zero-order valence-electron chi connectivity index (χ0n) is 15.0. The van der Waals surface area contributed by atoms with E-state index in [0.717, 1.165) is 25.3 Å². The Hall–Kier alpha value is -2.96. The molecule has 1 aliphatic rings. The lowest BCUT2D eigenvalue weighted by atomic mass is 10.0. The second-order valence-corrected chi connectivity index (χ2v) is 6.68. The SMILES string of the molecule is CC(=O)Nc1ccc(NC(=O)c2ccc(N3CCCC(C)C3)nn2)cc1. The summed E-state index contributed by atoms with van der Waals surface area (Å²) >= 11 is 0. The first-order valence-electron chi connectivity index (χ1n) is 8.79. The van der Waals surface area contributed by atoms with Crippen LogP contribution in [0.4, 0.5) is 17.2 Å². The maximum absolute atomic E-state index is 12.3. The highest BCUT2D eigenvalue weighted by Crippen LogP contribution is 2.21. The number of nitrogens with one attached hydrogen (secondary N) is 2. The third kappa shape index (κ3) is 4.56. The molecule has 1 unspecified atom stereocenters. The molecule has 0 radical (unpaired) electrons. The van der Waals surface area contributed by atoms with E-state index < -0.39 is 0 Å². The van der Waals surface area contributed by atoms with E-state index in [9.17, 15) is 9.59 Å². The van der Waals surface area contributed by atoms with E-state index in [0.29, 0.717) is 17.3 Å². The van der Waals surface area contributed by atoms with E-state index in [1.54, 1.807) is 30.3 Å². The highest BCUT2D eigenvalue weighted by molar-refractivity contribution is 6.03. The molecule has 1 saturated heterocycles. The van der Waals surface area contributed by atoms with Gasteiger partial charge in [0.05, 0.1) is 0 Å². The highest BCUT2D eigenvalue weighted by atomic mass is 16.2. The molecule has 1 aliphatic heterocycles. The van der Waals surface area contributed by atoms with Crippen molar-refractivity contribution in [3.8, 4) is 0 Å². The lowest BCUT2D eigenvalue weighted by molar-refractivity contribution is -0.114. The van der Waals surface area contributed by atoms with Crippen LogP contribution in [-0.4, -0.2) is 35.1 Å². The van der Waals surface area contributed by atoms with Crippen LogP contribution in [0.3, 0.4) is 0 Å². The number of benzene rings is 1. The molecule has 2 aromatic rings. The Bertz CT molecular complexity index is 774. The van der Waals surface area contributed by atoms with Gasteiger partial charge in [-0.15, -0.1) is 10.2 Å². The molecular formula is C19H23N5O2. The predicted octanol–water partition coefficient (Wildman–Crippen LogP) is 2.92. The number of aromatic nitrogens is 2. The zero-order chi connectivity index (χ0) is 18.5. The van der Waals surface area contributed by atoms with Crippen LogP contribution < -0.4 is 15.5 Å². The van der Waals surface area contributed by atoms with Crippen molar-refractivity contribution in [2.75, 3.05) is 28.6 Å². The van der Waals surface area contributed by atoms with Gasteiger partial charge in [-0.25, -0.2) is 0 Å². The van der Waals surface area contributed by atoms with Crippen molar-refractivity contribution in [1.82, 2.24) is 10.2 Å². The molecular weight excluding hydrogens is 330 g/mol. The maximum atomic E-state index is 12.3. The topological polar surface area (TPSA) is 87.2 Å². The first kappa shape index (κ1) is 17.8. The van der Waals surface area contributed by atoms with Gasteiger partial charge in [0, 0.05) is 31.4 Å². The number of nitrogens with zero attached hydrogens (tertiary/aromatic N) is 3. The van der Waals surface area contributed by atoms with Crippen molar-refractivity contribution in [3.05, 3.63) is 42.1 Å². The quantitative estimate of drug-likeness (QED) is 0.882. The molecule has 2 heterocycles. The van der Waals surface area contributed by atoms with Gasteiger partial charge in [-0.1, -0.05) is 6.92 Å². The summed E-state index contributed by atoms with van der Waals surface area (Å²) in [4.78, 5) is 25.6. The maximum Gasteiger partial charge on any atom is 0.276 e. The Labute approximate surface area is 152 Å². The number of anilines is 3. The predicted molar refractivity (Wildman–Crippen MR) is 101 cm³/mol. The largest absolute Gasteiger partial charge is 0.355 e. The number of hydrogen-bond donors (Lipinski definition) is 2. The molecule has 1 aromatic heterocycles. The monoisotopic (exact) mass is 353 g/mol. The smallest absolute Gasteiger partial charge is 0.276 e. The fourth-order valence-corrected chi connectivity index (χ4v) is 3.05. The minimum Gasteiger partial charge on any atom is -0.355 e. The van der Waals surface area contributed by atoms with Crippen LogP contribution in [0.5, 0.6) is 0 Å². The Morgan fingerprint density at radius 3 is 2.31 bits per heavy atom. The molecule has 1 atom stereocenters. The summed E-state index contributed by atoms with van der Waals surface area (Å²) in [5.41, 5.74) is 1.57. The molecule has 7 nitrogen and oxygen atoms in total. The molecule has 136 valence electrons. The summed E-state index contributed by atoms with van der Waals surface area (Å²) in [6, 6.07) is 10.4. The van der Waals surface area contributed by atoms with Crippen LogP contribution in [0.1, 0.15) is 37.2 Å². The van der Waals surface area contributed by atoms with E-state index in [4.69, 9.17) is 0 Å². The van der Waals surface area contributed by atoms with Gasteiger partial charge in [-0.2, -0.15) is 0 Å². The van der Waals surface area contributed by atoms with Crippen molar-refractivity contribution in [2.24, 2.45) is 5.92 Å². The summed E-state index contributed by atoms with van der Waals surface area (Å²) in [7, 11) is 0. The molecule has 0 saturated carbocycles. The van der Waals surface area contributed by atoms with Gasteiger partial charge in [0.2, 0.25) is 5.91 Å². The molecule has 7 heteroatoms. The van der Waals surface area contributed by atoms with Crippen LogP contribution in [0.25, 0.3) is 0 Å². The van der Waals surface area contributed by atoms with Gasteiger partial charge in [0.15, 0.2) is 11.5 Å². The van der Waals surface area contributed by atoms with Gasteiger partial charge in [0.25, 0.3) is 5.91 Å². The standard InChI is InChI=1S/C19H23N5O2/c1-13-4-3-11-24(12-13)18-10-9-17(22-23-18)19(26)21-16-7-5-15(6-8-16)20-14(2)25/h5-10,13H,3-4,11-12H2,1-2H3,(H,20,25)(H,21,26). The molecule has 2 N–H and O–H groups in total. The third-order valence-electron chi connectivity index (χ3n) is 4.33. The number of hydrogen-bond acceptors (Lipinski definition) is 5. The van der Waals surface area contributed by atoms with Crippen molar-refractivity contribution in [3.63, 3.8) is 0 Å². The van der Waals surface area contributed by atoms with Crippen LogP contribution in [0.2, 0.25) is 0 Å². The average molecular weight is 353 g/mol. The first-order valence-corrected chi connectivity index (χ1v) is 8.79. The highest BCUT2D eigenvalue weighted by Gasteiger charge is 2.18. The van der Waals surface area contributed by atoms with E-state index in [2.05, 4.69) is 32.7 Å². The number of carbonyl (C=O) groups excluding carboxylic acids is 2. The Kier molecular flexibility index (Phi) is 5.46. The molecule has 26 heavy (non-hydrogen) atoms. The van der Waals surface area contributed by atoms with E-state index >= 15 is 0 Å². The number of amides is 2. The molecule has 0 bridgehead atoms. The van der Waals surface area contributed by atoms with Crippen LogP contribution >= 0.6 is 0 Å². The van der Waals surface area contributed by atoms with Crippen LogP contribution in [0.15, 0.2) is 36.4 Å². The average Bonchev–Trinajstić information content (AvgIpc) is 2.63. The van der Waals surface area contributed by atoms with Gasteiger partial charge >= 0.3 is 0 Å². The number of piperidine rings is 1. The molecule has 3 rings (SSSR count). The molecule has 0 spiro atoms. The van der Waals surface area contributed by atoms with Crippen molar-refractivity contribution in [1.29, 1.82) is 0 Å². The Balaban J connectivity index is 1.62. The number of rotatable bonds is 4. The van der Waals surface area contributed by atoms with E-state index in [1.807, 2.05) is 6.07 Å². The minimum absolute atomic E-state index is 0.139. The van der Waals surface area contributed by atoms with Gasteiger partial charge in [0.1, 0.15) is 0 Å². The fraction of sp³-hybridized carbons (Fsp3) is 0.368. The Morgan fingerprint density at radius 2 is 1.73 bits per heavy atom. The van der Waals surface area contributed by atoms with Crippen LogP contribution in [0, 0.1) is 5.92 Å². The lowest BCUT2D eigenvalue weighted by Crippen LogP contribution is -2.35. The normalized spacial score (nSPS) is 16.8. The van der Waals surface area contributed by atoms with Gasteiger partial charge < -0.3 is 15.5 Å². The Morgan fingerprint density at radius 1 is 1.04 bits per heavy atom. The van der Waals surface area contributed by atoms with Crippen LogP contribution in [-0.2, 0) is 4.79 Å². The van der Waals surface area contributed by atoms with Crippen molar-refractivity contribution in [2.45, 2.75) is 26.7 Å². The fourth-order valence-electron chi connectivity index (χ4n) is 3.05. The summed E-state index contributed by atoms with van der Waals surface area (Å²) < 4.78 is 0. The third-order valence-corrected chi connectivity index (χ3v) is 4.33. The van der Waals surface area contributed by atoms with Crippen molar-refractivity contribution < 1.29 is 9.59 Å². The second kappa shape index (κ2) is 7.95. The van der Waals surface area contributed by atoms with Gasteiger partial charge in [-0.3, -0.25) is 9.59 Å². The summed E-state index contributed by atoms with van der Waals surface area (Å²) in [6.45, 7) is 5.63. The first-order chi connectivity index (χ1) is 12.5.